The Morgan fingerprint density at radius 2 is 1.86 bits per heavy atom. The van der Waals surface area contributed by atoms with Crippen molar-refractivity contribution >= 4 is 28.5 Å². The van der Waals surface area contributed by atoms with Crippen LogP contribution in [0.5, 0.6) is 0 Å². The fourth-order valence-electron chi connectivity index (χ4n) is 3.43. The zero-order valence-corrected chi connectivity index (χ0v) is 15.5. The van der Waals surface area contributed by atoms with E-state index in [4.69, 9.17) is 4.42 Å². The third-order valence-electron chi connectivity index (χ3n) is 4.98. The Bertz CT molecular complexity index is 1100. The third-order valence-corrected chi connectivity index (χ3v) is 4.98. The molecule has 6 nitrogen and oxygen atoms in total. The lowest BCUT2D eigenvalue weighted by Gasteiger charge is -2.18. The molecular weight excluding hydrogens is 356 g/mol. The van der Waals surface area contributed by atoms with Gasteiger partial charge in [0.1, 0.15) is 5.58 Å². The van der Waals surface area contributed by atoms with Crippen LogP contribution < -0.4 is 15.6 Å². The summed E-state index contributed by atoms with van der Waals surface area (Å²) in [4.78, 5) is 38.3. The number of hydrogen-bond acceptors (Lipinski definition) is 4. The Balaban J connectivity index is 1.50. The quantitative estimate of drug-likeness (QED) is 0.757. The number of carbonyl (C=O) groups is 2. The number of carbonyl (C=O) groups excluding carboxylic acids is 2. The zero-order valence-electron chi connectivity index (χ0n) is 15.5. The normalized spacial score (nSPS) is 15.0. The van der Waals surface area contributed by atoms with Gasteiger partial charge in [-0.2, -0.15) is 0 Å². The van der Waals surface area contributed by atoms with Gasteiger partial charge in [0.25, 0.3) is 5.91 Å². The summed E-state index contributed by atoms with van der Waals surface area (Å²) in [5.74, 6) is -0.329. The van der Waals surface area contributed by atoms with Crippen LogP contribution >= 0.6 is 0 Å². The molecule has 0 radical (unpaired) electrons. The van der Waals surface area contributed by atoms with Crippen LogP contribution in [0, 0.1) is 0 Å². The molecule has 1 aromatic heterocycles. The van der Waals surface area contributed by atoms with E-state index in [0.29, 0.717) is 17.4 Å². The lowest BCUT2D eigenvalue weighted by atomic mass is 10.1. The average Bonchev–Trinajstić information content (AvgIpc) is 3.14. The number of nitrogens with one attached hydrogen (secondary N) is 1. The highest BCUT2D eigenvalue weighted by molar-refractivity contribution is 5.95. The second-order valence-electron chi connectivity index (χ2n) is 6.91. The third kappa shape index (κ3) is 3.41. The van der Waals surface area contributed by atoms with Crippen LogP contribution in [0.2, 0.25) is 0 Å². The minimum Gasteiger partial charge on any atom is -0.451 e. The zero-order chi connectivity index (χ0) is 19.7. The van der Waals surface area contributed by atoms with E-state index in [-0.39, 0.29) is 23.1 Å². The molecule has 2 heterocycles. The van der Waals surface area contributed by atoms with Gasteiger partial charge in [-0.1, -0.05) is 24.3 Å². The number of rotatable bonds is 4. The summed E-state index contributed by atoms with van der Waals surface area (Å²) in [6.45, 7) is 2.60. The van der Waals surface area contributed by atoms with Crippen LogP contribution in [0.3, 0.4) is 0 Å². The van der Waals surface area contributed by atoms with Crippen molar-refractivity contribution in [1.82, 2.24) is 5.32 Å². The van der Waals surface area contributed by atoms with Gasteiger partial charge in [-0.15, -0.1) is 0 Å². The summed E-state index contributed by atoms with van der Waals surface area (Å²) in [5.41, 5.74) is 1.89. The summed E-state index contributed by atoms with van der Waals surface area (Å²) in [6.07, 6.45) is 1.47. The molecule has 6 heteroatoms. The second-order valence-corrected chi connectivity index (χ2v) is 6.91. The summed E-state index contributed by atoms with van der Waals surface area (Å²) in [5, 5.41) is 3.29. The number of amides is 2. The second kappa shape index (κ2) is 7.31. The Kier molecular flexibility index (Phi) is 4.69. The maximum absolute atomic E-state index is 12.5. The molecule has 0 bridgehead atoms. The molecule has 1 unspecified atom stereocenters. The molecule has 142 valence electrons. The van der Waals surface area contributed by atoms with Crippen molar-refractivity contribution in [2.24, 2.45) is 0 Å². The van der Waals surface area contributed by atoms with E-state index in [2.05, 4.69) is 5.32 Å². The van der Waals surface area contributed by atoms with Crippen LogP contribution in [-0.2, 0) is 4.79 Å². The lowest BCUT2D eigenvalue weighted by molar-refractivity contribution is -0.117. The number of nitrogens with zero attached hydrogens (tertiary/aromatic N) is 1. The number of benzene rings is 2. The molecule has 1 N–H and O–H groups in total. The van der Waals surface area contributed by atoms with Crippen molar-refractivity contribution in [2.45, 2.75) is 25.8 Å². The van der Waals surface area contributed by atoms with E-state index in [1.54, 1.807) is 29.2 Å². The topological polar surface area (TPSA) is 79.6 Å². The summed E-state index contributed by atoms with van der Waals surface area (Å²) >= 11 is 0. The molecule has 0 aliphatic carbocycles. The van der Waals surface area contributed by atoms with Gasteiger partial charge in [-0.25, -0.2) is 0 Å². The van der Waals surface area contributed by atoms with Gasteiger partial charge in [0.15, 0.2) is 11.2 Å². The summed E-state index contributed by atoms with van der Waals surface area (Å²) in [7, 11) is 0. The van der Waals surface area contributed by atoms with E-state index in [9.17, 15) is 14.4 Å². The van der Waals surface area contributed by atoms with Gasteiger partial charge in [0, 0.05) is 24.7 Å². The Labute approximate surface area is 161 Å². The highest BCUT2D eigenvalue weighted by Crippen LogP contribution is 2.23. The van der Waals surface area contributed by atoms with E-state index in [1.165, 1.54) is 6.07 Å². The molecule has 1 aliphatic rings. The predicted molar refractivity (Wildman–Crippen MR) is 106 cm³/mol. The molecule has 4 rings (SSSR count). The van der Waals surface area contributed by atoms with Gasteiger partial charge < -0.3 is 14.6 Å². The largest absolute Gasteiger partial charge is 0.451 e. The molecule has 1 saturated heterocycles. The first-order valence-corrected chi connectivity index (χ1v) is 9.27. The minimum atomic E-state index is -0.450. The van der Waals surface area contributed by atoms with Gasteiger partial charge in [0.05, 0.1) is 11.4 Å². The molecule has 0 spiro atoms. The highest BCUT2D eigenvalue weighted by Gasteiger charge is 2.22. The fraction of sp³-hybridized carbons (Fsp3) is 0.227. The molecule has 2 amide bonds. The summed E-state index contributed by atoms with van der Waals surface area (Å²) in [6, 6.07) is 15.3. The van der Waals surface area contributed by atoms with Crippen molar-refractivity contribution < 1.29 is 14.0 Å². The maximum Gasteiger partial charge on any atom is 0.287 e. The Morgan fingerprint density at radius 1 is 1.11 bits per heavy atom. The number of para-hydroxylation sites is 1. The van der Waals surface area contributed by atoms with Gasteiger partial charge in [0.2, 0.25) is 5.91 Å². The first-order valence-electron chi connectivity index (χ1n) is 9.27. The smallest absolute Gasteiger partial charge is 0.287 e. The van der Waals surface area contributed by atoms with Gasteiger partial charge in [-0.3, -0.25) is 14.4 Å². The van der Waals surface area contributed by atoms with E-state index in [1.807, 2.05) is 31.2 Å². The Morgan fingerprint density at radius 3 is 2.57 bits per heavy atom. The number of hydrogen-bond donors (Lipinski definition) is 1. The predicted octanol–water partition coefficient (Wildman–Crippen LogP) is 3.41. The molecule has 1 fully saturated rings. The van der Waals surface area contributed by atoms with Crippen LogP contribution in [0.4, 0.5) is 5.69 Å². The van der Waals surface area contributed by atoms with Crippen molar-refractivity contribution in [3.8, 4) is 0 Å². The SMILES string of the molecule is CC(NC(=O)c1cc(=O)c2ccccc2o1)c1ccc(N2CCCC2=O)cc1. The molecule has 1 aliphatic heterocycles. The molecule has 0 saturated carbocycles. The molecule has 2 aromatic carbocycles. The van der Waals surface area contributed by atoms with E-state index >= 15 is 0 Å². The van der Waals surface area contributed by atoms with Crippen LogP contribution in [-0.4, -0.2) is 18.4 Å². The average molecular weight is 376 g/mol. The lowest BCUT2D eigenvalue weighted by Crippen LogP contribution is -2.27. The first kappa shape index (κ1) is 18.0. The van der Waals surface area contributed by atoms with Crippen LogP contribution in [0.25, 0.3) is 11.0 Å². The number of fused-ring (bicyclic) bond motifs is 1. The molecular formula is C22H20N2O4. The van der Waals surface area contributed by atoms with E-state index in [0.717, 1.165) is 24.2 Å². The molecule has 1 atom stereocenters. The van der Waals surface area contributed by atoms with Crippen molar-refractivity contribution in [3.05, 3.63) is 76.1 Å². The fourth-order valence-corrected chi connectivity index (χ4v) is 3.43. The van der Waals surface area contributed by atoms with Gasteiger partial charge >= 0.3 is 0 Å². The van der Waals surface area contributed by atoms with Crippen molar-refractivity contribution in [3.63, 3.8) is 0 Å². The monoisotopic (exact) mass is 376 g/mol. The highest BCUT2D eigenvalue weighted by atomic mass is 16.3. The Hall–Kier alpha value is -3.41. The number of anilines is 1. The van der Waals surface area contributed by atoms with Crippen LogP contribution in [0.1, 0.15) is 41.9 Å². The molecule has 3 aromatic rings. The maximum atomic E-state index is 12.5. The minimum absolute atomic E-state index is 0.0187. The van der Waals surface area contributed by atoms with Gasteiger partial charge in [-0.05, 0) is 43.2 Å². The van der Waals surface area contributed by atoms with Crippen molar-refractivity contribution in [1.29, 1.82) is 0 Å². The summed E-state index contributed by atoms with van der Waals surface area (Å²) < 4.78 is 5.58. The first-order chi connectivity index (χ1) is 13.5. The molecule has 28 heavy (non-hydrogen) atoms. The van der Waals surface area contributed by atoms with Crippen LogP contribution in [0.15, 0.2) is 63.8 Å². The van der Waals surface area contributed by atoms with E-state index < -0.39 is 5.91 Å². The standard InChI is InChI=1S/C22H20N2O4/c1-14(15-8-10-16(11-9-15)24-12-4-7-21(24)26)23-22(27)20-13-18(25)17-5-2-3-6-19(17)28-20/h2-3,5-6,8-11,13-14H,4,7,12H2,1H3,(H,23,27). The van der Waals surface area contributed by atoms with Crippen molar-refractivity contribution in [2.75, 3.05) is 11.4 Å².